The maximum atomic E-state index is 10.1. The van der Waals surface area contributed by atoms with Crippen LogP contribution in [0.1, 0.15) is 39.0 Å². The summed E-state index contributed by atoms with van der Waals surface area (Å²) in [6.45, 7) is 1.72. The van der Waals surface area contributed by atoms with Gasteiger partial charge in [-0.3, -0.25) is 19.2 Å². The predicted octanol–water partition coefficient (Wildman–Crippen LogP) is -1.83. The van der Waals surface area contributed by atoms with Crippen LogP contribution in [-0.4, -0.2) is 62.6 Å². The molecule has 0 bridgehead atoms. The van der Waals surface area contributed by atoms with Crippen LogP contribution in [0.2, 0.25) is 0 Å². The van der Waals surface area contributed by atoms with Gasteiger partial charge < -0.3 is 43.4 Å². The largest absolute Gasteiger partial charge is 0.481 e. The Labute approximate surface area is 144 Å². The Kier molecular flexibility index (Phi) is 18.3. The van der Waals surface area contributed by atoms with Crippen molar-refractivity contribution in [3.63, 3.8) is 0 Å². The van der Waals surface area contributed by atoms with E-state index in [9.17, 15) is 19.2 Å². The van der Waals surface area contributed by atoms with Gasteiger partial charge in [-0.05, 0) is 26.2 Å². The first-order valence-electron chi connectivity index (χ1n) is 7.22. The average molecular weight is 368 g/mol. The van der Waals surface area contributed by atoms with Gasteiger partial charge in [0.05, 0.1) is 0 Å². The lowest BCUT2D eigenvalue weighted by Gasteiger charge is -2.02. The van der Waals surface area contributed by atoms with Crippen molar-refractivity contribution in [2.45, 2.75) is 57.3 Å². The number of hydrogen-bond donors (Lipinski definition) is 8. The molecule has 0 saturated carbocycles. The minimum Gasteiger partial charge on any atom is -0.481 e. The fraction of sp³-hybridized carbons (Fsp3) is 0.692. The first-order chi connectivity index (χ1) is 11.3. The second kappa shape index (κ2) is 16.6. The van der Waals surface area contributed by atoms with Gasteiger partial charge >= 0.3 is 23.9 Å². The van der Waals surface area contributed by atoms with Crippen LogP contribution in [-0.2, 0) is 19.2 Å². The summed E-state index contributed by atoms with van der Waals surface area (Å²) in [5.74, 6) is -4.21. The third-order valence-corrected chi connectivity index (χ3v) is 2.21. The van der Waals surface area contributed by atoms with Crippen molar-refractivity contribution in [2.75, 3.05) is 0 Å². The molecule has 2 unspecified atom stereocenters. The molecule has 0 radical (unpaired) electrons. The Morgan fingerprint density at radius 3 is 1.32 bits per heavy atom. The van der Waals surface area contributed by atoms with Crippen LogP contribution < -0.4 is 22.9 Å². The minimum absolute atomic E-state index is 0.0231. The van der Waals surface area contributed by atoms with Gasteiger partial charge in [0.25, 0.3) is 0 Å². The summed E-state index contributed by atoms with van der Waals surface area (Å²) in [5.41, 5.74) is 19.9. The van der Waals surface area contributed by atoms with Crippen LogP contribution in [0, 0.1) is 0 Å². The molecule has 0 aliphatic rings. The molecule has 0 aromatic carbocycles. The molecule has 0 aromatic rings. The zero-order valence-corrected chi connectivity index (χ0v) is 14.0. The standard InChI is InChI=1S/C6H11NO4.C5H9NO4.C2H8N2/c7-4(6(10)11)2-1-3-5(8)9;6-3(5(9)10)1-2-4(7)8;1-2(3)4/h4H,1-3,7H2,(H,8,9)(H,10,11);3H,1-2,6H2,(H,7,8)(H,9,10);2H,3-4H2,1H3. The lowest BCUT2D eigenvalue weighted by Crippen LogP contribution is -2.30. The Morgan fingerprint density at radius 2 is 1.04 bits per heavy atom. The van der Waals surface area contributed by atoms with Gasteiger partial charge in [-0.25, -0.2) is 0 Å². The average Bonchev–Trinajstić information content (AvgIpc) is 2.43. The minimum atomic E-state index is -1.17. The van der Waals surface area contributed by atoms with E-state index in [1.165, 1.54) is 0 Å². The van der Waals surface area contributed by atoms with Crippen molar-refractivity contribution in [3.8, 4) is 0 Å². The van der Waals surface area contributed by atoms with Crippen LogP contribution in [0.25, 0.3) is 0 Å². The van der Waals surface area contributed by atoms with E-state index in [0.717, 1.165) is 0 Å². The Balaban J connectivity index is -0.000000321. The summed E-state index contributed by atoms with van der Waals surface area (Å²) in [5, 5.41) is 32.7. The summed E-state index contributed by atoms with van der Waals surface area (Å²) in [7, 11) is 0. The summed E-state index contributed by atoms with van der Waals surface area (Å²) >= 11 is 0. The molecule has 0 aliphatic carbocycles. The van der Waals surface area contributed by atoms with Gasteiger partial charge in [0.1, 0.15) is 12.1 Å². The number of hydrogen-bond acceptors (Lipinski definition) is 8. The maximum Gasteiger partial charge on any atom is 0.320 e. The highest BCUT2D eigenvalue weighted by Crippen LogP contribution is 1.98. The molecule has 0 spiro atoms. The smallest absolute Gasteiger partial charge is 0.320 e. The molecule has 0 rings (SSSR count). The molecule has 12 heteroatoms. The second-order valence-corrected chi connectivity index (χ2v) is 4.97. The number of nitrogens with two attached hydrogens (primary N) is 4. The molecule has 2 atom stereocenters. The summed E-state index contributed by atoms with van der Waals surface area (Å²) in [6.07, 6.45) is 0.101. The molecule has 0 fully saturated rings. The van der Waals surface area contributed by atoms with E-state index >= 15 is 0 Å². The zero-order valence-electron chi connectivity index (χ0n) is 14.0. The highest BCUT2D eigenvalue weighted by atomic mass is 16.4. The van der Waals surface area contributed by atoms with Crippen molar-refractivity contribution in [1.82, 2.24) is 0 Å². The van der Waals surface area contributed by atoms with Crippen molar-refractivity contribution in [1.29, 1.82) is 0 Å². The van der Waals surface area contributed by atoms with Crippen molar-refractivity contribution in [3.05, 3.63) is 0 Å². The third kappa shape index (κ3) is 30.2. The Morgan fingerprint density at radius 1 is 0.720 bits per heavy atom. The van der Waals surface area contributed by atoms with E-state index in [1.54, 1.807) is 6.92 Å². The number of aliphatic carboxylic acids is 4. The first kappa shape index (κ1) is 27.6. The summed E-state index contributed by atoms with van der Waals surface area (Å²) in [6, 6.07) is -1.99. The molecule has 12 nitrogen and oxygen atoms in total. The van der Waals surface area contributed by atoms with Gasteiger partial charge in [0.2, 0.25) is 0 Å². The van der Waals surface area contributed by atoms with Crippen LogP contribution in [0.4, 0.5) is 0 Å². The van der Waals surface area contributed by atoms with E-state index < -0.39 is 36.0 Å². The molecule has 0 heterocycles. The second-order valence-electron chi connectivity index (χ2n) is 4.97. The number of carbonyl (C=O) groups is 4. The van der Waals surface area contributed by atoms with E-state index in [4.69, 9.17) is 43.4 Å². The van der Waals surface area contributed by atoms with E-state index in [1.807, 2.05) is 0 Å². The van der Waals surface area contributed by atoms with Crippen LogP contribution >= 0.6 is 0 Å². The lowest BCUT2D eigenvalue weighted by molar-refractivity contribution is -0.140. The fourth-order valence-corrected chi connectivity index (χ4v) is 0.999. The zero-order chi connectivity index (χ0) is 20.6. The summed E-state index contributed by atoms with van der Waals surface area (Å²) < 4.78 is 0. The van der Waals surface area contributed by atoms with E-state index in [-0.39, 0.29) is 31.8 Å². The number of carboxylic acid groups (broad SMARTS) is 4. The molecule has 0 aliphatic heterocycles. The summed E-state index contributed by atoms with van der Waals surface area (Å²) in [4.78, 5) is 39.9. The maximum absolute atomic E-state index is 10.1. The highest BCUT2D eigenvalue weighted by molar-refractivity contribution is 5.74. The van der Waals surface area contributed by atoms with Crippen LogP contribution in [0.3, 0.4) is 0 Å². The SMILES string of the molecule is CC(N)N.NC(CCC(=O)O)C(=O)O.NC(CCCC(=O)O)C(=O)O. The van der Waals surface area contributed by atoms with Crippen LogP contribution in [0.15, 0.2) is 0 Å². The van der Waals surface area contributed by atoms with Crippen molar-refractivity contribution in [2.24, 2.45) is 22.9 Å². The van der Waals surface area contributed by atoms with Crippen LogP contribution in [0.5, 0.6) is 0 Å². The number of rotatable bonds is 9. The van der Waals surface area contributed by atoms with Crippen molar-refractivity contribution < 1.29 is 39.6 Å². The molecular formula is C13H28N4O8. The molecule has 0 aromatic heterocycles. The Bertz CT molecular complexity index is 414. The van der Waals surface area contributed by atoms with Gasteiger partial charge in [-0.2, -0.15) is 0 Å². The van der Waals surface area contributed by atoms with Gasteiger partial charge in [-0.1, -0.05) is 0 Å². The lowest BCUT2D eigenvalue weighted by atomic mass is 10.1. The normalized spacial score (nSPS) is 11.9. The van der Waals surface area contributed by atoms with E-state index in [2.05, 4.69) is 0 Å². The van der Waals surface area contributed by atoms with Gasteiger partial charge in [0, 0.05) is 19.0 Å². The predicted molar refractivity (Wildman–Crippen MR) is 87.4 cm³/mol. The third-order valence-electron chi connectivity index (χ3n) is 2.21. The quantitative estimate of drug-likeness (QED) is 0.209. The van der Waals surface area contributed by atoms with Gasteiger partial charge in [-0.15, -0.1) is 0 Å². The van der Waals surface area contributed by atoms with Gasteiger partial charge in [0.15, 0.2) is 0 Å². The molecule has 0 saturated heterocycles. The molecule has 12 N–H and O–H groups in total. The number of carboxylic acids is 4. The Hall–Kier alpha value is -2.28. The molecular weight excluding hydrogens is 340 g/mol. The highest BCUT2D eigenvalue weighted by Gasteiger charge is 2.12. The van der Waals surface area contributed by atoms with Crippen molar-refractivity contribution >= 4 is 23.9 Å². The molecule has 25 heavy (non-hydrogen) atoms. The molecule has 148 valence electrons. The monoisotopic (exact) mass is 368 g/mol. The molecule has 0 amide bonds. The fourth-order valence-electron chi connectivity index (χ4n) is 0.999. The first-order valence-corrected chi connectivity index (χ1v) is 7.22. The topological polar surface area (TPSA) is 253 Å². The van der Waals surface area contributed by atoms with E-state index in [0.29, 0.717) is 6.42 Å².